The van der Waals surface area contributed by atoms with E-state index in [-0.39, 0.29) is 0 Å². The molecule has 0 unspecified atom stereocenters. The number of benzene rings is 9. The van der Waals surface area contributed by atoms with Gasteiger partial charge in [-0.2, -0.15) is 0 Å². The Labute approximate surface area is 320 Å². The fourth-order valence-electron chi connectivity index (χ4n) is 8.61. The zero-order valence-electron chi connectivity index (χ0n) is 30.0. The van der Waals surface area contributed by atoms with E-state index in [1.807, 2.05) is 48.5 Å². The number of hydrogen-bond donors (Lipinski definition) is 0. The van der Waals surface area contributed by atoms with E-state index >= 15 is 0 Å². The van der Waals surface area contributed by atoms with Crippen molar-refractivity contribution in [2.75, 3.05) is 0 Å². The Kier molecular flexibility index (Phi) is 6.60. The van der Waals surface area contributed by atoms with Gasteiger partial charge in [-0.25, -0.2) is 9.97 Å². The van der Waals surface area contributed by atoms with E-state index < -0.39 is 0 Å². The van der Waals surface area contributed by atoms with E-state index in [0.717, 1.165) is 71.9 Å². The van der Waals surface area contributed by atoms with Crippen LogP contribution in [0.5, 0.6) is 0 Å². The molecule has 9 aromatic carbocycles. The highest BCUT2D eigenvalue weighted by Crippen LogP contribution is 2.42. The SMILES string of the molecule is c1ccc(-c2nc(-c3ccccc3)c3oc4cc(-c5cccc6c5oc5ccc(-c7ccc8c9ccccc9c9ccccc9c8c7)cc56)ccc4c3n2)cc1. The summed E-state index contributed by atoms with van der Waals surface area (Å²) in [5.74, 6) is 0.667. The van der Waals surface area contributed by atoms with Gasteiger partial charge in [-0.05, 0) is 79.3 Å². The maximum Gasteiger partial charge on any atom is 0.180 e. The number of hydrogen-bond acceptors (Lipinski definition) is 4. The normalized spacial score (nSPS) is 11.9. The number of aromatic nitrogens is 2. The summed E-state index contributed by atoms with van der Waals surface area (Å²) in [6.45, 7) is 0. The van der Waals surface area contributed by atoms with Gasteiger partial charge >= 0.3 is 0 Å². The monoisotopic (exact) mass is 714 g/mol. The van der Waals surface area contributed by atoms with Gasteiger partial charge in [0.25, 0.3) is 0 Å². The Bertz CT molecular complexity index is 3490. The van der Waals surface area contributed by atoms with Crippen LogP contribution >= 0.6 is 0 Å². The molecule has 260 valence electrons. The van der Waals surface area contributed by atoms with Gasteiger partial charge in [0.1, 0.15) is 28.0 Å². The standard InChI is InChI=1S/C52H30N2O2/c1-3-12-31(13-4-1)48-51-49(54-52(53-48)32-14-5-2-6-15-32)43-26-23-35(30-47(43)56-51)36-20-11-21-42-45-29-34(24-27-46(45)55-50(36)42)33-22-25-41-39-18-8-7-16-37(39)38-17-9-10-19-40(38)44(41)28-33/h1-30H. The number of rotatable bonds is 4. The molecule has 12 aromatic rings. The molecule has 0 spiro atoms. The number of para-hydroxylation sites is 1. The molecule has 0 bridgehead atoms. The minimum atomic E-state index is 0.667. The van der Waals surface area contributed by atoms with Crippen molar-refractivity contribution in [3.8, 4) is 44.9 Å². The Morgan fingerprint density at radius 3 is 1.59 bits per heavy atom. The van der Waals surface area contributed by atoms with E-state index in [0.29, 0.717) is 11.4 Å². The highest BCUT2D eigenvalue weighted by Gasteiger charge is 2.20. The third kappa shape index (κ3) is 4.66. The molecule has 0 radical (unpaired) electrons. The lowest BCUT2D eigenvalue weighted by Gasteiger charge is -2.12. The molecular formula is C52H30N2O2. The zero-order chi connectivity index (χ0) is 36.7. The molecule has 0 aliphatic carbocycles. The van der Waals surface area contributed by atoms with Gasteiger partial charge in [-0.3, -0.25) is 0 Å². The predicted molar refractivity (Wildman–Crippen MR) is 231 cm³/mol. The second-order valence-electron chi connectivity index (χ2n) is 14.5. The topological polar surface area (TPSA) is 52.1 Å². The molecule has 0 fully saturated rings. The molecule has 0 saturated carbocycles. The van der Waals surface area contributed by atoms with Crippen LogP contribution in [0.1, 0.15) is 0 Å². The number of furan rings is 2. The number of fused-ring (bicyclic) bond motifs is 12. The highest BCUT2D eigenvalue weighted by molar-refractivity contribution is 6.26. The van der Waals surface area contributed by atoms with Crippen LogP contribution in [0.4, 0.5) is 0 Å². The largest absolute Gasteiger partial charge is 0.455 e. The predicted octanol–water partition coefficient (Wildman–Crippen LogP) is 14.4. The smallest absolute Gasteiger partial charge is 0.180 e. The van der Waals surface area contributed by atoms with Crippen LogP contribution in [-0.4, -0.2) is 9.97 Å². The summed E-state index contributed by atoms with van der Waals surface area (Å²) in [7, 11) is 0. The molecular weight excluding hydrogens is 685 g/mol. The quantitative estimate of drug-likeness (QED) is 0.170. The van der Waals surface area contributed by atoms with E-state index in [2.05, 4.69) is 133 Å². The first-order valence-electron chi connectivity index (χ1n) is 18.9. The third-order valence-corrected chi connectivity index (χ3v) is 11.3. The first kappa shape index (κ1) is 30.9. The van der Waals surface area contributed by atoms with Crippen molar-refractivity contribution in [3.05, 3.63) is 182 Å². The highest BCUT2D eigenvalue weighted by atomic mass is 16.3. The molecule has 0 atom stereocenters. The summed E-state index contributed by atoms with van der Waals surface area (Å²) >= 11 is 0. The van der Waals surface area contributed by atoms with Crippen LogP contribution in [0.25, 0.3) is 121 Å². The molecule has 0 N–H and O–H groups in total. The van der Waals surface area contributed by atoms with Gasteiger partial charge in [0.2, 0.25) is 0 Å². The first-order chi connectivity index (χ1) is 27.7. The van der Waals surface area contributed by atoms with Crippen LogP contribution in [-0.2, 0) is 0 Å². The summed E-state index contributed by atoms with van der Waals surface area (Å²) in [6.07, 6.45) is 0. The van der Waals surface area contributed by atoms with E-state index in [9.17, 15) is 0 Å². The van der Waals surface area contributed by atoms with Crippen LogP contribution in [0.3, 0.4) is 0 Å². The summed E-state index contributed by atoms with van der Waals surface area (Å²) in [5, 5.41) is 10.7. The van der Waals surface area contributed by atoms with Crippen LogP contribution in [0.15, 0.2) is 191 Å². The maximum absolute atomic E-state index is 6.66. The van der Waals surface area contributed by atoms with Crippen molar-refractivity contribution >= 4 is 76.3 Å². The molecule has 0 aliphatic heterocycles. The first-order valence-corrected chi connectivity index (χ1v) is 18.9. The molecule has 0 amide bonds. The minimum absolute atomic E-state index is 0.667. The summed E-state index contributed by atoms with van der Waals surface area (Å²) in [6, 6.07) is 63.9. The van der Waals surface area contributed by atoms with Gasteiger partial charge in [0.15, 0.2) is 11.4 Å². The van der Waals surface area contributed by atoms with Crippen molar-refractivity contribution in [2.24, 2.45) is 0 Å². The Morgan fingerprint density at radius 1 is 0.304 bits per heavy atom. The van der Waals surface area contributed by atoms with Crippen molar-refractivity contribution in [3.63, 3.8) is 0 Å². The second kappa shape index (κ2) is 12.0. The molecule has 3 heterocycles. The fraction of sp³-hybridized carbons (Fsp3) is 0. The zero-order valence-corrected chi connectivity index (χ0v) is 30.0. The van der Waals surface area contributed by atoms with Gasteiger partial charge < -0.3 is 8.83 Å². The Morgan fingerprint density at radius 2 is 0.857 bits per heavy atom. The summed E-state index contributed by atoms with van der Waals surface area (Å²) in [5.41, 5.74) is 11.0. The van der Waals surface area contributed by atoms with Crippen LogP contribution in [0, 0.1) is 0 Å². The summed E-state index contributed by atoms with van der Waals surface area (Å²) < 4.78 is 13.3. The molecule has 56 heavy (non-hydrogen) atoms. The third-order valence-electron chi connectivity index (χ3n) is 11.3. The molecule has 3 aromatic heterocycles. The van der Waals surface area contributed by atoms with E-state index in [4.69, 9.17) is 18.8 Å². The average molecular weight is 715 g/mol. The lowest BCUT2D eigenvalue weighted by molar-refractivity contribution is 0.667. The van der Waals surface area contributed by atoms with Gasteiger partial charge in [-0.1, -0.05) is 152 Å². The molecule has 0 aliphatic rings. The average Bonchev–Trinajstić information content (AvgIpc) is 3.84. The molecule has 12 rings (SSSR count). The lowest BCUT2D eigenvalue weighted by Crippen LogP contribution is -1.93. The minimum Gasteiger partial charge on any atom is -0.455 e. The maximum atomic E-state index is 6.66. The number of nitrogens with zero attached hydrogens (tertiary/aromatic N) is 2. The lowest BCUT2D eigenvalue weighted by atomic mass is 9.92. The Hall–Kier alpha value is -7.56. The van der Waals surface area contributed by atoms with Crippen LogP contribution in [0.2, 0.25) is 0 Å². The second-order valence-corrected chi connectivity index (χ2v) is 14.5. The van der Waals surface area contributed by atoms with E-state index in [1.165, 1.54) is 37.9 Å². The van der Waals surface area contributed by atoms with Gasteiger partial charge in [-0.15, -0.1) is 0 Å². The van der Waals surface area contributed by atoms with Crippen molar-refractivity contribution < 1.29 is 8.83 Å². The molecule has 4 nitrogen and oxygen atoms in total. The van der Waals surface area contributed by atoms with Crippen LogP contribution < -0.4 is 0 Å². The molecule has 4 heteroatoms. The summed E-state index contributed by atoms with van der Waals surface area (Å²) in [4.78, 5) is 10.1. The van der Waals surface area contributed by atoms with E-state index in [1.54, 1.807) is 0 Å². The van der Waals surface area contributed by atoms with Gasteiger partial charge in [0.05, 0.1) is 0 Å². The Balaban J connectivity index is 0.995. The van der Waals surface area contributed by atoms with Crippen molar-refractivity contribution in [2.45, 2.75) is 0 Å². The molecule has 0 saturated heterocycles. The van der Waals surface area contributed by atoms with Gasteiger partial charge in [0, 0.05) is 32.8 Å². The fourth-order valence-corrected chi connectivity index (χ4v) is 8.61. The van der Waals surface area contributed by atoms with Crippen molar-refractivity contribution in [1.29, 1.82) is 0 Å². The van der Waals surface area contributed by atoms with Crippen molar-refractivity contribution in [1.82, 2.24) is 9.97 Å².